The van der Waals surface area contributed by atoms with E-state index in [0.717, 1.165) is 22.3 Å². The first-order valence-electron chi connectivity index (χ1n) is 10.6. The standard InChI is InChI=1S/C25H24ClN3O4/c1-14-9-17-3-6-19(26)10-21(17)22-11-23(30)29(12-18(22)13-33-14)15(2)25(32)28-20-7-4-16(5-8-20)24(27)31/h3-8,10-12,14-15H,9,13H2,1-2H3,(H2,27,31)(H,28,32)/t14-,15+/m1/s1. The van der Waals surface area contributed by atoms with Crippen LogP contribution in [0.25, 0.3) is 11.1 Å². The lowest BCUT2D eigenvalue weighted by Crippen LogP contribution is -2.32. The Balaban J connectivity index is 1.66. The van der Waals surface area contributed by atoms with E-state index in [-0.39, 0.29) is 17.6 Å². The summed E-state index contributed by atoms with van der Waals surface area (Å²) >= 11 is 6.25. The predicted molar refractivity (Wildman–Crippen MR) is 127 cm³/mol. The number of nitrogens with zero attached hydrogens (tertiary/aromatic N) is 1. The lowest BCUT2D eigenvalue weighted by molar-refractivity contribution is -0.118. The first-order valence-corrected chi connectivity index (χ1v) is 11.0. The number of fused-ring (bicyclic) bond motifs is 3. The minimum Gasteiger partial charge on any atom is -0.373 e. The molecule has 170 valence electrons. The monoisotopic (exact) mass is 465 g/mol. The molecule has 3 aromatic rings. The fraction of sp³-hybridized carbons (Fsp3) is 0.240. The second kappa shape index (κ2) is 9.21. The molecule has 8 heteroatoms. The molecule has 7 nitrogen and oxygen atoms in total. The molecule has 0 fully saturated rings. The highest BCUT2D eigenvalue weighted by atomic mass is 35.5. The molecule has 0 radical (unpaired) electrons. The van der Waals surface area contributed by atoms with Crippen LogP contribution >= 0.6 is 11.6 Å². The average molecular weight is 466 g/mol. The Bertz CT molecular complexity index is 1280. The molecule has 4 rings (SSSR count). The molecule has 1 aliphatic rings. The maximum Gasteiger partial charge on any atom is 0.251 e. The predicted octanol–water partition coefficient (Wildman–Crippen LogP) is 3.93. The van der Waals surface area contributed by atoms with Gasteiger partial charge >= 0.3 is 0 Å². The number of benzene rings is 2. The van der Waals surface area contributed by atoms with Crippen molar-refractivity contribution in [1.82, 2.24) is 4.57 Å². The van der Waals surface area contributed by atoms with E-state index in [1.165, 1.54) is 22.8 Å². The van der Waals surface area contributed by atoms with E-state index < -0.39 is 11.9 Å². The highest BCUT2D eigenvalue weighted by molar-refractivity contribution is 6.30. The summed E-state index contributed by atoms with van der Waals surface area (Å²) in [5.74, 6) is -0.916. The minimum atomic E-state index is -0.777. The van der Waals surface area contributed by atoms with Crippen molar-refractivity contribution in [2.45, 2.75) is 39.0 Å². The Morgan fingerprint density at radius 2 is 1.82 bits per heavy atom. The second-order valence-corrected chi connectivity index (χ2v) is 8.63. The summed E-state index contributed by atoms with van der Waals surface area (Å²) in [5, 5.41) is 3.36. The van der Waals surface area contributed by atoms with Crippen molar-refractivity contribution >= 4 is 29.1 Å². The zero-order valence-corrected chi connectivity index (χ0v) is 19.1. The Hall–Kier alpha value is -3.42. The van der Waals surface area contributed by atoms with Crippen molar-refractivity contribution in [2.24, 2.45) is 5.73 Å². The zero-order chi connectivity index (χ0) is 23.7. The summed E-state index contributed by atoms with van der Waals surface area (Å²) in [5.41, 5.74) is 9.30. The molecule has 0 saturated carbocycles. The van der Waals surface area contributed by atoms with Gasteiger partial charge in [-0.05, 0) is 73.4 Å². The first kappa shape index (κ1) is 22.8. The van der Waals surface area contributed by atoms with E-state index in [2.05, 4.69) is 5.32 Å². The molecule has 1 aliphatic heterocycles. The van der Waals surface area contributed by atoms with Gasteiger partial charge in [0.2, 0.25) is 11.8 Å². The highest BCUT2D eigenvalue weighted by Crippen LogP contribution is 2.33. The summed E-state index contributed by atoms with van der Waals surface area (Å²) in [6.45, 7) is 3.96. The Morgan fingerprint density at radius 3 is 2.52 bits per heavy atom. The number of carbonyl (C=O) groups is 2. The number of nitrogens with two attached hydrogens (primary N) is 1. The molecule has 33 heavy (non-hydrogen) atoms. The smallest absolute Gasteiger partial charge is 0.251 e. The van der Waals surface area contributed by atoms with Gasteiger partial charge in [0.05, 0.1) is 12.7 Å². The van der Waals surface area contributed by atoms with Crippen LogP contribution in [0.3, 0.4) is 0 Å². The molecule has 2 aromatic carbocycles. The van der Waals surface area contributed by atoms with Crippen LogP contribution in [0.1, 0.15) is 41.4 Å². The quantitative estimate of drug-likeness (QED) is 0.609. The summed E-state index contributed by atoms with van der Waals surface area (Å²) in [7, 11) is 0. The van der Waals surface area contributed by atoms with Crippen molar-refractivity contribution < 1.29 is 14.3 Å². The van der Waals surface area contributed by atoms with Crippen molar-refractivity contribution in [3.8, 4) is 11.1 Å². The SMILES string of the molecule is C[C@@H]1Cc2ccc(Cl)cc2-c2cc(=O)n([C@@H](C)C(=O)Nc3ccc(C(N)=O)cc3)cc2CO1. The first-order chi connectivity index (χ1) is 15.7. The van der Waals surface area contributed by atoms with Crippen LogP contribution in [-0.4, -0.2) is 22.5 Å². The van der Waals surface area contributed by atoms with Gasteiger partial charge in [-0.15, -0.1) is 0 Å². The third-order valence-electron chi connectivity index (χ3n) is 5.79. The summed E-state index contributed by atoms with van der Waals surface area (Å²) in [6, 6.07) is 12.6. The fourth-order valence-corrected chi connectivity index (χ4v) is 4.10. The van der Waals surface area contributed by atoms with Crippen LogP contribution in [0, 0.1) is 0 Å². The summed E-state index contributed by atoms with van der Waals surface area (Å²) in [6.07, 6.45) is 2.38. The lowest BCUT2D eigenvalue weighted by Gasteiger charge is -2.24. The van der Waals surface area contributed by atoms with E-state index in [0.29, 0.717) is 29.3 Å². The number of carbonyl (C=O) groups excluding carboxylic acids is 2. The molecule has 0 unspecified atom stereocenters. The number of rotatable bonds is 4. The van der Waals surface area contributed by atoms with Crippen LogP contribution in [-0.2, 0) is 22.6 Å². The number of hydrogen-bond acceptors (Lipinski definition) is 4. The molecule has 2 amide bonds. The topological polar surface area (TPSA) is 103 Å². The maximum atomic E-state index is 13.0. The number of amides is 2. The normalized spacial score (nSPS) is 16.0. The van der Waals surface area contributed by atoms with Gasteiger partial charge in [-0.2, -0.15) is 0 Å². The number of nitrogens with one attached hydrogen (secondary N) is 1. The molecular weight excluding hydrogens is 442 g/mol. The van der Waals surface area contributed by atoms with Gasteiger partial charge in [-0.1, -0.05) is 17.7 Å². The van der Waals surface area contributed by atoms with Gasteiger partial charge in [-0.25, -0.2) is 0 Å². The van der Waals surface area contributed by atoms with Crippen LogP contribution < -0.4 is 16.6 Å². The summed E-state index contributed by atoms with van der Waals surface area (Å²) in [4.78, 5) is 37.1. The fourth-order valence-electron chi connectivity index (χ4n) is 3.93. The molecule has 1 aromatic heterocycles. The van der Waals surface area contributed by atoms with Crippen LogP contribution in [0.15, 0.2) is 59.5 Å². The average Bonchev–Trinajstić information content (AvgIpc) is 2.78. The summed E-state index contributed by atoms with van der Waals surface area (Å²) < 4.78 is 7.37. The highest BCUT2D eigenvalue weighted by Gasteiger charge is 2.22. The van der Waals surface area contributed by atoms with Crippen molar-refractivity contribution in [3.63, 3.8) is 0 Å². The van der Waals surface area contributed by atoms with Gasteiger partial charge in [-0.3, -0.25) is 14.4 Å². The van der Waals surface area contributed by atoms with Crippen LogP contribution in [0.4, 0.5) is 5.69 Å². The van der Waals surface area contributed by atoms with Gasteiger partial charge < -0.3 is 20.4 Å². The third kappa shape index (κ3) is 4.84. The van der Waals surface area contributed by atoms with E-state index in [1.54, 1.807) is 25.3 Å². The van der Waals surface area contributed by atoms with Crippen molar-refractivity contribution in [2.75, 3.05) is 5.32 Å². The molecule has 0 spiro atoms. The van der Waals surface area contributed by atoms with Gasteiger partial charge in [0, 0.05) is 34.1 Å². The molecule has 0 bridgehead atoms. The van der Waals surface area contributed by atoms with E-state index in [9.17, 15) is 14.4 Å². The lowest BCUT2D eigenvalue weighted by atomic mass is 9.92. The molecule has 2 heterocycles. The van der Waals surface area contributed by atoms with E-state index in [4.69, 9.17) is 22.1 Å². The second-order valence-electron chi connectivity index (χ2n) is 8.19. The molecule has 0 aliphatic carbocycles. The molecule has 0 saturated heterocycles. The van der Waals surface area contributed by atoms with Gasteiger partial charge in [0.1, 0.15) is 6.04 Å². The number of anilines is 1. The number of halogens is 1. The largest absolute Gasteiger partial charge is 0.373 e. The van der Waals surface area contributed by atoms with Gasteiger partial charge in [0.15, 0.2) is 0 Å². The Kier molecular flexibility index (Phi) is 6.35. The minimum absolute atomic E-state index is 0.0115. The Morgan fingerprint density at radius 1 is 1.12 bits per heavy atom. The maximum absolute atomic E-state index is 13.0. The number of aromatic nitrogens is 1. The van der Waals surface area contributed by atoms with Crippen LogP contribution in [0.5, 0.6) is 0 Å². The number of hydrogen-bond donors (Lipinski definition) is 2. The van der Waals surface area contributed by atoms with Crippen LogP contribution in [0.2, 0.25) is 5.02 Å². The van der Waals surface area contributed by atoms with Crippen molar-refractivity contribution in [3.05, 3.63) is 86.8 Å². The molecule has 3 N–H and O–H groups in total. The Labute approximate surface area is 196 Å². The molecule has 2 atom stereocenters. The number of pyridine rings is 1. The zero-order valence-electron chi connectivity index (χ0n) is 18.3. The van der Waals surface area contributed by atoms with Gasteiger partial charge in [0.25, 0.3) is 5.56 Å². The van der Waals surface area contributed by atoms with Crippen molar-refractivity contribution in [1.29, 1.82) is 0 Å². The number of ether oxygens (including phenoxy) is 1. The number of primary amides is 1. The van der Waals surface area contributed by atoms with E-state index in [1.807, 2.05) is 25.1 Å². The molecular formula is C25H24ClN3O4. The third-order valence-corrected chi connectivity index (χ3v) is 6.02. The van der Waals surface area contributed by atoms with E-state index >= 15 is 0 Å².